The molecule has 0 amide bonds. The molecule has 1 aliphatic heterocycles. The summed E-state index contributed by atoms with van der Waals surface area (Å²) in [6, 6.07) is 4.76. The van der Waals surface area contributed by atoms with E-state index in [1.807, 2.05) is 6.21 Å². The van der Waals surface area contributed by atoms with E-state index in [0.717, 1.165) is 43.9 Å². The lowest BCUT2D eigenvalue weighted by molar-refractivity contribution is 0.147. The molecule has 4 heteroatoms. The molecule has 1 N–H and O–H groups in total. The minimum absolute atomic E-state index is 0.0536. The number of hydrogen-bond donors (Lipinski definition) is 1. The monoisotopic (exact) mass is 371 g/mol. The first-order valence-corrected chi connectivity index (χ1v) is 10.6. The predicted molar refractivity (Wildman–Crippen MR) is 114 cm³/mol. The molecular weight excluding hydrogens is 334 g/mol. The van der Waals surface area contributed by atoms with Crippen molar-refractivity contribution < 1.29 is 5.11 Å². The highest BCUT2D eigenvalue weighted by atomic mass is 16.3. The highest BCUT2D eigenvalue weighted by molar-refractivity contribution is 5.84. The number of aliphatic imine (C=N–C) groups is 1. The van der Waals surface area contributed by atoms with Crippen molar-refractivity contribution in [3.63, 3.8) is 0 Å². The third-order valence-electron chi connectivity index (χ3n) is 6.07. The molecule has 0 spiro atoms. The van der Waals surface area contributed by atoms with Gasteiger partial charge in [-0.3, -0.25) is 9.89 Å². The van der Waals surface area contributed by atoms with Gasteiger partial charge < -0.3 is 10.0 Å². The van der Waals surface area contributed by atoms with Gasteiger partial charge in [0.05, 0.1) is 0 Å². The first-order valence-electron chi connectivity index (χ1n) is 10.6. The van der Waals surface area contributed by atoms with E-state index in [2.05, 4.69) is 49.8 Å². The average Bonchev–Trinajstić information content (AvgIpc) is 2.64. The van der Waals surface area contributed by atoms with Gasteiger partial charge in [0.25, 0.3) is 0 Å². The zero-order valence-electron chi connectivity index (χ0n) is 17.7. The lowest BCUT2D eigenvalue weighted by Crippen LogP contribution is -2.43. The van der Waals surface area contributed by atoms with Gasteiger partial charge in [-0.15, -0.1) is 0 Å². The molecule has 0 atom stereocenters. The molecule has 4 nitrogen and oxygen atoms in total. The van der Waals surface area contributed by atoms with Gasteiger partial charge in [0.1, 0.15) is 5.75 Å². The molecule has 0 bridgehead atoms. The normalized spacial score (nSPS) is 21.2. The van der Waals surface area contributed by atoms with Crippen LogP contribution >= 0.6 is 0 Å². The van der Waals surface area contributed by atoms with E-state index >= 15 is 0 Å². The maximum absolute atomic E-state index is 11.0. The van der Waals surface area contributed by atoms with Gasteiger partial charge >= 0.3 is 0 Å². The zero-order valence-corrected chi connectivity index (χ0v) is 17.7. The maximum Gasteiger partial charge on any atom is 0.128 e. The van der Waals surface area contributed by atoms with Crippen LogP contribution in [0.25, 0.3) is 0 Å². The minimum Gasteiger partial charge on any atom is -0.507 e. The van der Waals surface area contributed by atoms with E-state index < -0.39 is 0 Å². The number of aromatic hydroxyl groups is 1. The third kappa shape index (κ3) is 5.55. The molecule has 3 rings (SSSR count). The van der Waals surface area contributed by atoms with Crippen molar-refractivity contribution in [1.82, 2.24) is 9.80 Å². The summed E-state index contributed by atoms with van der Waals surface area (Å²) in [6.45, 7) is 11.8. The summed E-state index contributed by atoms with van der Waals surface area (Å²) < 4.78 is 0. The summed E-state index contributed by atoms with van der Waals surface area (Å²) in [6.07, 6.45) is 8.21. The molecule has 1 aromatic rings. The Morgan fingerprint density at radius 3 is 2.37 bits per heavy atom. The molecule has 1 aromatic carbocycles. The lowest BCUT2D eigenvalue weighted by atomic mass is 9.84. The van der Waals surface area contributed by atoms with Crippen molar-refractivity contribution >= 4 is 6.21 Å². The van der Waals surface area contributed by atoms with Crippen LogP contribution in [0.1, 0.15) is 69.6 Å². The van der Waals surface area contributed by atoms with Crippen molar-refractivity contribution in [2.24, 2.45) is 4.99 Å². The Morgan fingerprint density at radius 1 is 1.07 bits per heavy atom. The van der Waals surface area contributed by atoms with E-state index in [1.54, 1.807) is 0 Å². The molecular formula is C23H37N3O. The van der Waals surface area contributed by atoms with Crippen LogP contribution in [0.5, 0.6) is 5.75 Å². The largest absolute Gasteiger partial charge is 0.507 e. The Hall–Kier alpha value is -1.39. The maximum atomic E-state index is 11.0. The van der Waals surface area contributed by atoms with Crippen LogP contribution in [-0.4, -0.2) is 60.4 Å². The molecule has 27 heavy (non-hydrogen) atoms. The fourth-order valence-electron chi connectivity index (χ4n) is 4.03. The number of phenols is 1. The summed E-state index contributed by atoms with van der Waals surface area (Å²) in [4.78, 5) is 9.64. The van der Waals surface area contributed by atoms with E-state index in [1.165, 1.54) is 37.7 Å². The van der Waals surface area contributed by atoms with E-state index in [-0.39, 0.29) is 5.41 Å². The predicted octanol–water partition coefficient (Wildman–Crippen LogP) is 4.19. The van der Waals surface area contributed by atoms with Crippen LogP contribution in [0.4, 0.5) is 0 Å². The number of piperazine rings is 1. The summed E-state index contributed by atoms with van der Waals surface area (Å²) in [7, 11) is 2.18. The van der Waals surface area contributed by atoms with Crippen molar-refractivity contribution in [2.75, 3.05) is 33.2 Å². The Bertz CT molecular complexity index is 648. The van der Waals surface area contributed by atoms with Gasteiger partial charge in [0.2, 0.25) is 0 Å². The molecule has 0 radical (unpaired) electrons. The fourth-order valence-corrected chi connectivity index (χ4v) is 4.03. The van der Waals surface area contributed by atoms with E-state index in [9.17, 15) is 5.11 Å². The highest BCUT2D eigenvalue weighted by Crippen LogP contribution is 2.32. The SMILES string of the molecule is CN1CCN(Cc2cc(C(C)(C)C)cc(/C=N/C3CCCCC3)c2O)CC1. The fraction of sp³-hybridized carbons (Fsp3) is 0.696. The third-order valence-corrected chi connectivity index (χ3v) is 6.07. The highest BCUT2D eigenvalue weighted by Gasteiger charge is 2.21. The molecule has 1 aliphatic carbocycles. The average molecular weight is 372 g/mol. The number of phenolic OH excluding ortho intramolecular Hbond substituents is 1. The first-order chi connectivity index (χ1) is 12.8. The Kier molecular flexibility index (Phi) is 6.59. The van der Waals surface area contributed by atoms with Gasteiger partial charge in [0.15, 0.2) is 0 Å². The molecule has 1 saturated carbocycles. The minimum atomic E-state index is 0.0536. The number of hydrogen-bond acceptors (Lipinski definition) is 4. The van der Waals surface area contributed by atoms with Gasteiger partial charge in [-0.05, 0) is 36.9 Å². The number of nitrogens with zero attached hydrogens (tertiary/aromatic N) is 3. The van der Waals surface area contributed by atoms with E-state index in [4.69, 9.17) is 4.99 Å². The second-order valence-electron chi connectivity index (χ2n) is 9.47. The summed E-state index contributed by atoms with van der Waals surface area (Å²) in [5.74, 6) is 0.418. The van der Waals surface area contributed by atoms with Crippen LogP contribution in [0.3, 0.4) is 0 Å². The lowest BCUT2D eigenvalue weighted by Gasteiger charge is -2.33. The van der Waals surface area contributed by atoms with Gasteiger partial charge in [-0.25, -0.2) is 0 Å². The van der Waals surface area contributed by atoms with Crippen molar-refractivity contribution in [3.05, 3.63) is 28.8 Å². The van der Waals surface area contributed by atoms with Crippen molar-refractivity contribution in [3.8, 4) is 5.75 Å². The van der Waals surface area contributed by atoms with Crippen LogP contribution in [0.2, 0.25) is 0 Å². The van der Waals surface area contributed by atoms with Crippen LogP contribution in [0.15, 0.2) is 17.1 Å². The topological polar surface area (TPSA) is 39.1 Å². The number of benzene rings is 1. The summed E-state index contributed by atoms with van der Waals surface area (Å²) in [5, 5.41) is 11.0. The first kappa shape index (κ1) is 20.3. The summed E-state index contributed by atoms with van der Waals surface area (Å²) >= 11 is 0. The second kappa shape index (κ2) is 8.74. The zero-order chi connectivity index (χ0) is 19.4. The van der Waals surface area contributed by atoms with E-state index in [0.29, 0.717) is 11.8 Å². The molecule has 2 fully saturated rings. The van der Waals surface area contributed by atoms with Crippen LogP contribution in [0, 0.1) is 0 Å². The molecule has 0 aromatic heterocycles. The van der Waals surface area contributed by atoms with Crippen molar-refractivity contribution in [2.45, 2.75) is 70.9 Å². The van der Waals surface area contributed by atoms with Crippen LogP contribution < -0.4 is 0 Å². The standard InChI is InChI=1S/C23H37N3O/c1-23(2,3)20-14-18(16-24-21-8-6-5-7-9-21)22(27)19(15-20)17-26-12-10-25(4)11-13-26/h14-16,21,27H,5-13,17H2,1-4H3/b24-16+. The molecule has 1 saturated heterocycles. The Labute approximate surface area is 165 Å². The molecule has 2 aliphatic rings. The molecule has 150 valence electrons. The van der Waals surface area contributed by atoms with Crippen molar-refractivity contribution in [1.29, 1.82) is 0 Å². The quantitative estimate of drug-likeness (QED) is 0.807. The number of rotatable bonds is 4. The Morgan fingerprint density at radius 2 is 1.74 bits per heavy atom. The molecule has 0 unspecified atom stereocenters. The smallest absolute Gasteiger partial charge is 0.128 e. The van der Waals surface area contributed by atoms with Gasteiger partial charge in [0, 0.05) is 56.1 Å². The molecule has 1 heterocycles. The summed E-state index contributed by atoms with van der Waals surface area (Å²) in [5.41, 5.74) is 3.25. The second-order valence-corrected chi connectivity index (χ2v) is 9.47. The Balaban J connectivity index is 1.84. The van der Waals surface area contributed by atoms with Crippen LogP contribution in [-0.2, 0) is 12.0 Å². The number of likely N-dealkylation sites (N-methyl/N-ethyl adjacent to an activating group) is 1. The van der Waals surface area contributed by atoms with Gasteiger partial charge in [-0.1, -0.05) is 46.1 Å². The van der Waals surface area contributed by atoms with Gasteiger partial charge in [-0.2, -0.15) is 0 Å².